The van der Waals surface area contributed by atoms with Crippen molar-refractivity contribution in [3.05, 3.63) is 59.7 Å². The Labute approximate surface area is 108 Å². The van der Waals surface area contributed by atoms with Gasteiger partial charge in [0.1, 0.15) is 6.29 Å². The van der Waals surface area contributed by atoms with Crippen LogP contribution in [0.3, 0.4) is 0 Å². The molecule has 19 heavy (non-hydrogen) atoms. The highest BCUT2D eigenvalue weighted by atomic mass is 19.4. The molecule has 1 nitrogen and oxygen atoms in total. The molecule has 0 unspecified atom stereocenters. The number of alkyl halides is 3. The molecule has 2 rings (SSSR count). The molecule has 0 saturated carbocycles. The minimum atomic E-state index is -4.34. The molecule has 0 bridgehead atoms. The molecule has 0 N–H and O–H groups in total. The summed E-state index contributed by atoms with van der Waals surface area (Å²) in [5, 5.41) is 0. The number of hydrogen-bond acceptors (Lipinski definition) is 1. The predicted octanol–water partition coefficient (Wildman–Crippen LogP) is 4.11. The third-order valence-electron chi connectivity index (χ3n) is 2.80. The first-order chi connectivity index (χ1) is 9.00. The summed E-state index contributed by atoms with van der Waals surface area (Å²) in [6, 6.07) is 12.1. The molecule has 98 valence electrons. The first-order valence-corrected chi connectivity index (χ1v) is 5.71. The van der Waals surface area contributed by atoms with Crippen LogP contribution in [0.5, 0.6) is 0 Å². The quantitative estimate of drug-likeness (QED) is 0.762. The Bertz CT molecular complexity index is 571. The highest BCUT2D eigenvalue weighted by molar-refractivity contribution is 5.65. The van der Waals surface area contributed by atoms with Gasteiger partial charge in [0.2, 0.25) is 0 Å². The molecule has 2 aromatic carbocycles. The Morgan fingerprint density at radius 2 is 1.63 bits per heavy atom. The Kier molecular flexibility index (Phi) is 3.69. The lowest BCUT2D eigenvalue weighted by Gasteiger charge is -2.09. The summed E-state index contributed by atoms with van der Waals surface area (Å²) in [5.41, 5.74) is 1.38. The maximum atomic E-state index is 12.6. The van der Waals surface area contributed by atoms with Gasteiger partial charge in [-0.1, -0.05) is 36.4 Å². The second-order valence-corrected chi connectivity index (χ2v) is 4.15. The number of benzene rings is 2. The van der Waals surface area contributed by atoms with E-state index in [1.54, 1.807) is 30.3 Å². The molecule has 0 aliphatic rings. The van der Waals surface area contributed by atoms with Gasteiger partial charge < -0.3 is 4.79 Å². The predicted molar refractivity (Wildman–Crippen MR) is 66.6 cm³/mol. The van der Waals surface area contributed by atoms with E-state index in [4.69, 9.17) is 0 Å². The van der Waals surface area contributed by atoms with Crippen LogP contribution >= 0.6 is 0 Å². The molecule has 0 radical (unpaired) electrons. The third-order valence-corrected chi connectivity index (χ3v) is 2.80. The lowest BCUT2D eigenvalue weighted by molar-refractivity contribution is -0.137. The van der Waals surface area contributed by atoms with Crippen LogP contribution in [-0.2, 0) is 17.4 Å². The van der Waals surface area contributed by atoms with E-state index in [-0.39, 0.29) is 0 Å². The standard InChI is InChI=1S/C15H11F3O/c16-15(17,18)14-3-1-2-13(10-14)12-6-4-11(5-7-12)8-9-19/h1-7,9-10H,8H2. The highest BCUT2D eigenvalue weighted by Gasteiger charge is 2.30. The SMILES string of the molecule is O=CCc1ccc(-c2cccc(C(F)(F)F)c2)cc1. The van der Waals surface area contributed by atoms with Gasteiger partial charge in [0, 0.05) is 6.42 Å². The molecule has 0 amide bonds. The van der Waals surface area contributed by atoms with Gasteiger partial charge >= 0.3 is 6.18 Å². The van der Waals surface area contributed by atoms with Crippen LogP contribution in [-0.4, -0.2) is 6.29 Å². The average Bonchev–Trinajstić information content (AvgIpc) is 2.39. The average molecular weight is 264 g/mol. The van der Waals surface area contributed by atoms with Crippen LogP contribution in [0, 0.1) is 0 Å². The fourth-order valence-corrected chi connectivity index (χ4v) is 1.80. The van der Waals surface area contributed by atoms with Crippen molar-refractivity contribution in [3.8, 4) is 11.1 Å². The van der Waals surface area contributed by atoms with Crippen molar-refractivity contribution < 1.29 is 18.0 Å². The van der Waals surface area contributed by atoms with Gasteiger partial charge in [-0.2, -0.15) is 13.2 Å². The number of hydrogen-bond donors (Lipinski definition) is 0. The van der Waals surface area contributed by atoms with Gasteiger partial charge in [0.05, 0.1) is 5.56 Å². The van der Waals surface area contributed by atoms with E-state index in [9.17, 15) is 18.0 Å². The van der Waals surface area contributed by atoms with Crippen molar-refractivity contribution in [2.45, 2.75) is 12.6 Å². The van der Waals surface area contributed by atoms with Crippen molar-refractivity contribution >= 4 is 6.29 Å². The fraction of sp³-hybridized carbons (Fsp3) is 0.133. The summed E-state index contributed by atoms with van der Waals surface area (Å²) in [6.45, 7) is 0. The Balaban J connectivity index is 2.34. The molecular formula is C15H11F3O. The van der Waals surface area contributed by atoms with E-state index in [0.717, 1.165) is 24.0 Å². The molecule has 2 aromatic rings. The second-order valence-electron chi connectivity index (χ2n) is 4.15. The fourth-order valence-electron chi connectivity index (χ4n) is 1.80. The highest BCUT2D eigenvalue weighted by Crippen LogP contribution is 2.32. The summed E-state index contributed by atoms with van der Waals surface area (Å²) in [5.74, 6) is 0. The summed E-state index contributed by atoms with van der Waals surface area (Å²) < 4.78 is 37.8. The smallest absolute Gasteiger partial charge is 0.303 e. The molecule has 0 fully saturated rings. The molecule has 0 atom stereocenters. The first-order valence-electron chi connectivity index (χ1n) is 5.71. The van der Waals surface area contributed by atoms with Gasteiger partial charge in [-0.15, -0.1) is 0 Å². The van der Waals surface area contributed by atoms with Crippen LogP contribution in [0.15, 0.2) is 48.5 Å². The second kappa shape index (κ2) is 5.26. The van der Waals surface area contributed by atoms with E-state index in [1.807, 2.05) is 0 Å². The molecule has 0 aliphatic carbocycles. The number of rotatable bonds is 3. The van der Waals surface area contributed by atoms with E-state index in [0.29, 0.717) is 17.5 Å². The zero-order chi connectivity index (χ0) is 13.9. The maximum Gasteiger partial charge on any atom is 0.416 e. The summed E-state index contributed by atoms with van der Waals surface area (Å²) in [4.78, 5) is 10.4. The molecule has 0 aliphatic heterocycles. The van der Waals surface area contributed by atoms with E-state index >= 15 is 0 Å². The van der Waals surface area contributed by atoms with Gasteiger partial charge in [0.25, 0.3) is 0 Å². The van der Waals surface area contributed by atoms with E-state index in [1.165, 1.54) is 6.07 Å². The van der Waals surface area contributed by atoms with E-state index < -0.39 is 11.7 Å². The van der Waals surface area contributed by atoms with Crippen molar-refractivity contribution in [3.63, 3.8) is 0 Å². The van der Waals surface area contributed by atoms with Gasteiger partial charge in [-0.25, -0.2) is 0 Å². The number of carbonyl (C=O) groups is 1. The van der Waals surface area contributed by atoms with Crippen LogP contribution in [0.1, 0.15) is 11.1 Å². The van der Waals surface area contributed by atoms with Crippen molar-refractivity contribution in [2.75, 3.05) is 0 Å². The van der Waals surface area contributed by atoms with Crippen molar-refractivity contribution in [1.29, 1.82) is 0 Å². The van der Waals surface area contributed by atoms with Crippen molar-refractivity contribution in [2.24, 2.45) is 0 Å². The molecule has 0 heterocycles. The number of carbonyl (C=O) groups excluding carboxylic acids is 1. The van der Waals surface area contributed by atoms with Crippen LogP contribution < -0.4 is 0 Å². The van der Waals surface area contributed by atoms with Gasteiger partial charge in [0.15, 0.2) is 0 Å². The van der Waals surface area contributed by atoms with E-state index in [2.05, 4.69) is 0 Å². The lowest BCUT2D eigenvalue weighted by atomic mass is 10.0. The third kappa shape index (κ3) is 3.22. The molecule has 0 saturated heterocycles. The van der Waals surface area contributed by atoms with Crippen LogP contribution in [0.25, 0.3) is 11.1 Å². The lowest BCUT2D eigenvalue weighted by Crippen LogP contribution is -2.04. The van der Waals surface area contributed by atoms with Crippen molar-refractivity contribution in [1.82, 2.24) is 0 Å². The number of aldehydes is 1. The topological polar surface area (TPSA) is 17.1 Å². The Hall–Kier alpha value is -2.10. The molecule has 0 aromatic heterocycles. The minimum Gasteiger partial charge on any atom is -0.303 e. The molecule has 4 heteroatoms. The van der Waals surface area contributed by atoms with Gasteiger partial charge in [-0.3, -0.25) is 0 Å². The van der Waals surface area contributed by atoms with Crippen LogP contribution in [0.2, 0.25) is 0 Å². The normalized spacial score (nSPS) is 11.3. The first kappa shape index (κ1) is 13.3. The zero-order valence-electron chi connectivity index (χ0n) is 9.95. The maximum absolute atomic E-state index is 12.6. The Morgan fingerprint density at radius 1 is 0.947 bits per heavy atom. The monoisotopic (exact) mass is 264 g/mol. The molecular weight excluding hydrogens is 253 g/mol. The zero-order valence-corrected chi connectivity index (χ0v) is 9.95. The summed E-state index contributed by atoms with van der Waals surface area (Å²) >= 11 is 0. The van der Waals surface area contributed by atoms with Gasteiger partial charge in [-0.05, 0) is 28.8 Å². The van der Waals surface area contributed by atoms with Crippen LogP contribution in [0.4, 0.5) is 13.2 Å². The number of halogens is 3. The largest absolute Gasteiger partial charge is 0.416 e. The molecule has 0 spiro atoms. The Morgan fingerprint density at radius 3 is 2.21 bits per heavy atom. The summed E-state index contributed by atoms with van der Waals surface area (Å²) in [6.07, 6.45) is -3.24. The summed E-state index contributed by atoms with van der Waals surface area (Å²) in [7, 11) is 0. The minimum absolute atomic E-state index is 0.308.